The molecule has 7 heteroatoms. The van der Waals surface area contributed by atoms with E-state index in [0.717, 1.165) is 35.3 Å². The molecule has 2 aromatic rings. The largest absolute Gasteiger partial charge is 0.493 e. The molecular formula is C21H30IN3O3. The van der Waals surface area contributed by atoms with Gasteiger partial charge in [0.1, 0.15) is 12.4 Å². The van der Waals surface area contributed by atoms with Crippen molar-refractivity contribution < 1.29 is 14.2 Å². The molecule has 0 unspecified atom stereocenters. The average molecular weight is 499 g/mol. The normalized spacial score (nSPS) is 10.6. The number of nitrogens with zero attached hydrogens (tertiary/aromatic N) is 1. The Bertz CT molecular complexity index is 711. The molecule has 28 heavy (non-hydrogen) atoms. The van der Waals surface area contributed by atoms with Crippen molar-refractivity contribution in [2.24, 2.45) is 4.99 Å². The van der Waals surface area contributed by atoms with Gasteiger partial charge < -0.3 is 24.8 Å². The van der Waals surface area contributed by atoms with Crippen LogP contribution < -0.4 is 24.8 Å². The highest BCUT2D eigenvalue weighted by molar-refractivity contribution is 14.0. The number of hydrogen-bond acceptors (Lipinski definition) is 4. The Kier molecular flexibility index (Phi) is 11.9. The Balaban J connectivity index is 0.00000392. The van der Waals surface area contributed by atoms with Crippen molar-refractivity contribution in [3.05, 3.63) is 54.1 Å². The minimum Gasteiger partial charge on any atom is -0.493 e. The van der Waals surface area contributed by atoms with E-state index < -0.39 is 0 Å². The van der Waals surface area contributed by atoms with Gasteiger partial charge in [0.15, 0.2) is 17.5 Å². The molecule has 0 radical (unpaired) electrons. The van der Waals surface area contributed by atoms with Crippen LogP contribution in [0, 0.1) is 0 Å². The third-order valence-electron chi connectivity index (χ3n) is 3.70. The Morgan fingerprint density at radius 3 is 2.43 bits per heavy atom. The summed E-state index contributed by atoms with van der Waals surface area (Å²) in [6, 6.07) is 15.6. The zero-order valence-corrected chi connectivity index (χ0v) is 19.1. The number of benzene rings is 2. The average Bonchev–Trinajstić information content (AvgIpc) is 2.70. The summed E-state index contributed by atoms with van der Waals surface area (Å²) >= 11 is 0. The summed E-state index contributed by atoms with van der Waals surface area (Å²) in [7, 11) is 1.64. The van der Waals surface area contributed by atoms with Gasteiger partial charge in [-0.1, -0.05) is 24.3 Å². The smallest absolute Gasteiger partial charge is 0.191 e. The number of halogens is 1. The quantitative estimate of drug-likeness (QED) is 0.225. The van der Waals surface area contributed by atoms with Crippen LogP contribution in [0.1, 0.15) is 19.4 Å². The van der Waals surface area contributed by atoms with E-state index in [2.05, 4.69) is 15.6 Å². The van der Waals surface area contributed by atoms with E-state index in [4.69, 9.17) is 14.2 Å². The van der Waals surface area contributed by atoms with Crippen LogP contribution in [0.25, 0.3) is 0 Å². The van der Waals surface area contributed by atoms with E-state index in [-0.39, 0.29) is 24.0 Å². The fourth-order valence-electron chi connectivity index (χ4n) is 2.45. The van der Waals surface area contributed by atoms with E-state index in [0.29, 0.717) is 26.3 Å². The summed E-state index contributed by atoms with van der Waals surface area (Å²) in [5.41, 5.74) is 1.05. The first kappa shape index (κ1) is 23.9. The zero-order chi connectivity index (χ0) is 19.3. The van der Waals surface area contributed by atoms with Gasteiger partial charge in [-0.2, -0.15) is 0 Å². The molecule has 0 aromatic heterocycles. The van der Waals surface area contributed by atoms with Crippen LogP contribution in [0.15, 0.2) is 53.5 Å². The lowest BCUT2D eigenvalue weighted by atomic mass is 10.2. The predicted molar refractivity (Wildman–Crippen MR) is 124 cm³/mol. The molecule has 0 bridgehead atoms. The lowest BCUT2D eigenvalue weighted by molar-refractivity contribution is 0.310. The third kappa shape index (κ3) is 8.24. The number of guanidine groups is 1. The number of para-hydroxylation sites is 1. The van der Waals surface area contributed by atoms with Gasteiger partial charge in [-0.3, -0.25) is 0 Å². The van der Waals surface area contributed by atoms with Gasteiger partial charge in [0, 0.05) is 6.54 Å². The van der Waals surface area contributed by atoms with Gasteiger partial charge in [-0.25, -0.2) is 4.99 Å². The van der Waals surface area contributed by atoms with Gasteiger partial charge >= 0.3 is 0 Å². The van der Waals surface area contributed by atoms with Crippen molar-refractivity contribution in [3.63, 3.8) is 0 Å². The van der Waals surface area contributed by atoms with Crippen LogP contribution in [0.3, 0.4) is 0 Å². The highest BCUT2D eigenvalue weighted by Gasteiger charge is 2.05. The topological polar surface area (TPSA) is 64.1 Å². The monoisotopic (exact) mass is 499 g/mol. The highest BCUT2D eigenvalue weighted by atomic mass is 127. The molecule has 2 aromatic carbocycles. The Morgan fingerprint density at radius 1 is 0.964 bits per heavy atom. The second-order valence-corrected chi connectivity index (χ2v) is 5.70. The molecular weight excluding hydrogens is 469 g/mol. The van der Waals surface area contributed by atoms with Crippen molar-refractivity contribution in [2.75, 3.05) is 33.4 Å². The number of ether oxygens (including phenoxy) is 3. The number of methoxy groups -OCH3 is 1. The van der Waals surface area contributed by atoms with Gasteiger partial charge in [-0.05, 0) is 43.7 Å². The molecule has 0 aliphatic rings. The minimum absolute atomic E-state index is 0. The summed E-state index contributed by atoms with van der Waals surface area (Å²) in [5, 5.41) is 6.52. The molecule has 0 aliphatic carbocycles. The molecule has 2 rings (SSSR count). The number of rotatable bonds is 10. The maximum absolute atomic E-state index is 5.69. The molecule has 0 fully saturated rings. The summed E-state index contributed by atoms with van der Waals surface area (Å²) in [5.74, 6) is 3.08. The van der Waals surface area contributed by atoms with Crippen LogP contribution in [-0.4, -0.2) is 39.4 Å². The van der Waals surface area contributed by atoms with Gasteiger partial charge in [-0.15, -0.1) is 24.0 Å². The maximum atomic E-state index is 5.69. The standard InChI is InChI=1S/C21H29N3O3.HI/c1-4-22-21(23-13-14-27-18-9-7-6-8-10-18)24-16-17-11-12-19(25-3)20(15-17)26-5-2;/h6-12,15H,4-5,13-14,16H2,1-3H3,(H2,22,23,24);1H. The van der Waals surface area contributed by atoms with E-state index in [1.165, 1.54) is 0 Å². The highest BCUT2D eigenvalue weighted by Crippen LogP contribution is 2.28. The van der Waals surface area contributed by atoms with Gasteiger partial charge in [0.2, 0.25) is 0 Å². The Morgan fingerprint density at radius 2 is 1.75 bits per heavy atom. The summed E-state index contributed by atoms with van der Waals surface area (Å²) in [6.07, 6.45) is 0. The number of nitrogens with one attached hydrogen (secondary N) is 2. The van der Waals surface area contributed by atoms with Gasteiger partial charge in [0.05, 0.1) is 26.8 Å². The van der Waals surface area contributed by atoms with Crippen LogP contribution in [-0.2, 0) is 6.54 Å². The minimum atomic E-state index is 0. The van der Waals surface area contributed by atoms with Crippen molar-refractivity contribution in [1.29, 1.82) is 0 Å². The molecule has 0 aliphatic heterocycles. The molecule has 0 atom stereocenters. The van der Waals surface area contributed by atoms with Crippen LogP contribution in [0.2, 0.25) is 0 Å². The van der Waals surface area contributed by atoms with Crippen LogP contribution >= 0.6 is 24.0 Å². The van der Waals surface area contributed by atoms with Crippen LogP contribution in [0.5, 0.6) is 17.2 Å². The van der Waals surface area contributed by atoms with Crippen molar-refractivity contribution in [1.82, 2.24) is 10.6 Å². The number of hydrogen-bond donors (Lipinski definition) is 2. The molecule has 0 spiro atoms. The lowest BCUT2D eigenvalue weighted by Crippen LogP contribution is -2.39. The SMILES string of the molecule is CCNC(=NCc1ccc(OC)c(OCC)c1)NCCOc1ccccc1.I. The van der Waals surface area contributed by atoms with E-state index in [1.54, 1.807) is 7.11 Å². The van der Waals surface area contributed by atoms with E-state index in [9.17, 15) is 0 Å². The Hall–Kier alpha value is -2.16. The summed E-state index contributed by atoms with van der Waals surface area (Å²) < 4.78 is 16.6. The molecule has 0 amide bonds. The molecule has 6 nitrogen and oxygen atoms in total. The van der Waals surface area contributed by atoms with Crippen molar-refractivity contribution in [3.8, 4) is 17.2 Å². The summed E-state index contributed by atoms with van der Waals surface area (Å²) in [6.45, 7) is 7.14. The number of aliphatic imine (C=N–C) groups is 1. The molecule has 0 saturated heterocycles. The predicted octanol–water partition coefficient (Wildman–Crippen LogP) is 3.85. The van der Waals surface area contributed by atoms with Crippen molar-refractivity contribution >= 4 is 29.9 Å². The van der Waals surface area contributed by atoms with E-state index in [1.807, 2.05) is 62.4 Å². The second kappa shape index (κ2) is 13.9. The second-order valence-electron chi connectivity index (χ2n) is 5.70. The zero-order valence-electron chi connectivity index (χ0n) is 16.7. The van der Waals surface area contributed by atoms with E-state index >= 15 is 0 Å². The molecule has 0 heterocycles. The van der Waals surface area contributed by atoms with Gasteiger partial charge in [0.25, 0.3) is 0 Å². The maximum Gasteiger partial charge on any atom is 0.191 e. The fraction of sp³-hybridized carbons (Fsp3) is 0.381. The first-order chi connectivity index (χ1) is 13.3. The molecule has 154 valence electrons. The first-order valence-electron chi connectivity index (χ1n) is 9.26. The molecule has 2 N–H and O–H groups in total. The summed E-state index contributed by atoms with van der Waals surface area (Å²) in [4.78, 5) is 4.63. The van der Waals surface area contributed by atoms with Crippen LogP contribution in [0.4, 0.5) is 0 Å². The molecule has 0 saturated carbocycles. The lowest BCUT2D eigenvalue weighted by Gasteiger charge is -2.13. The Labute approximate surface area is 184 Å². The third-order valence-corrected chi connectivity index (χ3v) is 3.70. The fourth-order valence-corrected chi connectivity index (χ4v) is 2.45. The van der Waals surface area contributed by atoms with Crippen molar-refractivity contribution in [2.45, 2.75) is 20.4 Å². The first-order valence-corrected chi connectivity index (χ1v) is 9.26.